The standard InChI is InChI=1S/C13H16N2O4S2/c1-15(21(3,17)18)10-4-5-11-12(7-10)20-8-9(14-11)6-13(16)19-2/h4-5,7H,6,8H2,1-3H3. The van der Waals surface area contributed by atoms with Crippen molar-refractivity contribution in [1.29, 1.82) is 0 Å². The van der Waals surface area contributed by atoms with Crippen LogP contribution in [0.3, 0.4) is 0 Å². The Morgan fingerprint density at radius 3 is 2.81 bits per heavy atom. The molecule has 0 radical (unpaired) electrons. The van der Waals surface area contributed by atoms with E-state index in [1.807, 2.05) is 0 Å². The molecule has 114 valence electrons. The molecule has 1 heterocycles. The van der Waals surface area contributed by atoms with Gasteiger partial charge in [-0.05, 0) is 18.2 Å². The minimum Gasteiger partial charge on any atom is -0.469 e. The molecule has 0 amide bonds. The maximum Gasteiger partial charge on any atom is 0.311 e. The molecule has 1 aliphatic heterocycles. The summed E-state index contributed by atoms with van der Waals surface area (Å²) in [5.41, 5.74) is 2.09. The van der Waals surface area contributed by atoms with Crippen LogP contribution in [-0.4, -0.2) is 46.3 Å². The molecule has 0 fully saturated rings. The van der Waals surface area contributed by atoms with Crippen molar-refractivity contribution in [2.75, 3.05) is 30.5 Å². The van der Waals surface area contributed by atoms with E-state index in [4.69, 9.17) is 0 Å². The molecular formula is C13H16N2O4S2. The number of hydrogen-bond acceptors (Lipinski definition) is 6. The number of hydrogen-bond donors (Lipinski definition) is 0. The molecule has 21 heavy (non-hydrogen) atoms. The van der Waals surface area contributed by atoms with Crippen LogP contribution in [0.2, 0.25) is 0 Å². The lowest BCUT2D eigenvalue weighted by molar-refractivity contribution is -0.139. The third-order valence-electron chi connectivity index (χ3n) is 3.05. The zero-order valence-corrected chi connectivity index (χ0v) is 13.6. The number of anilines is 1. The first-order chi connectivity index (χ1) is 9.81. The lowest BCUT2D eigenvalue weighted by Crippen LogP contribution is -2.24. The third-order valence-corrected chi connectivity index (χ3v) is 5.37. The highest BCUT2D eigenvalue weighted by Gasteiger charge is 2.18. The Morgan fingerprint density at radius 1 is 1.48 bits per heavy atom. The molecule has 0 aliphatic carbocycles. The van der Waals surface area contributed by atoms with Crippen LogP contribution in [0, 0.1) is 0 Å². The average Bonchev–Trinajstić information content (AvgIpc) is 2.44. The normalized spacial score (nSPS) is 14.1. The number of nitrogens with zero attached hydrogens (tertiary/aromatic N) is 2. The van der Waals surface area contributed by atoms with Crippen molar-refractivity contribution in [3.63, 3.8) is 0 Å². The Kier molecular flexibility index (Phi) is 4.58. The van der Waals surface area contributed by atoms with Gasteiger partial charge in [-0.1, -0.05) is 0 Å². The predicted octanol–water partition coefficient (Wildman–Crippen LogP) is 1.82. The minimum absolute atomic E-state index is 0.175. The molecule has 1 aromatic rings. The Bertz CT molecular complexity index is 698. The molecule has 8 heteroatoms. The molecule has 0 saturated heterocycles. The Hall–Kier alpha value is -1.54. The van der Waals surface area contributed by atoms with Crippen molar-refractivity contribution in [2.45, 2.75) is 11.3 Å². The average molecular weight is 328 g/mol. The number of methoxy groups -OCH3 is 1. The Morgan fingerprint density at radius 2 is 2.19 bits per heavy atom. The predicted molar refractivity (Wildman–Crippen MR) is 84.1 cm³/mol. The fraction of sp³-hybridized carbons (Fsp3) is 0.385. The van der Waals surface area contributed by atoms with Crippen molar-refractivity contribution < 1.29 is 17.9 Å². The zero-order valence-electron chi connectivity index (χ0n) is 12.0. The number of benzene rings is 1. The zero-order chi connectivity index (χ0) is 15.6. The molecule has 6 nitrogen and oxygen atoms in total. The van der Waals surface area contributed by atoms with Crippen molar-refractivity contribution in [1.82, 2.24) is 0 Å². The molecule has 1 aliphatic rings. The maximum absolute atomic E-state index is 11.5. The second-order valence-electron chi connectivity index (χ2n) is 4.60. The van der Waals surface area contributed by atoms with Gasteiger partial charge in [0.1, 0.15) is 0 Å². The number of fused-ring (bicyclic) bond motifs is 1. The molecule has 0 spiro atoms. The molecule has 0 unspecified atom stereocenters. The summed E-state index contributed by atoms with van der Waals surface area (Å²) in [6.07, 6.45) is 1.33. The minimum atomic E-state index is -3.29. The van der Waals surface area contributed by atoms with E-state index in [1.165, 1.54) is 30.2 Å². The van der Waals surface area contributed by atoms with Crippen molar-refractivity contribution in [3.8, 4) is 0 Å². The number of esters is 1. The van der Waals surface area contributed by atoms with Crippen LogP contribution in [-0.2, 0) is 19.6 Å². The van der Waals surface area contributed by atoms with Crippen LogP contribution >= 0.6 is 11.8 Å². The maximum atomic E-state index is 11.5. The van der Waals surface area contributed by atoms with Gasteiger partial charge in [0, 0.05) is 23.4 Å². The highest BCUT2D eigenvalue weighted by Crippen LogP contribution is 2.37. The van der Waals surface area contributed by atoms with Gasteiger partial charge >= 0.3 is 5.97 Å². The van der Waals surface area contributed by atoms with Crippen LogP contribution in [0.1, 0.15) is 6.42 Å². The summed E-state index contributed by atoms with van der Waals surface area (Å²) >= 11 is 1.53. The number of aliphatic imine (C=N–C) groups is 1. The van der Waals surface area contributed by atoms with Crippen LogP contribution in [0.5, 0.6) is 0 Å². The first-order valence-electron chi connectivity index (χ1n) is 6.15. The SMILES string of the molecule is COC(=O)CC1=Nc2ccc(N(C)S(C)(=O)=O)cc2SC1. The third kappa shape index (κ3) is 3.76. The van der Waals surface area contributed by atoms with E-state index in [0.717, 1.165) is 22.6 Å². The van der Waals surface area contributed by atoms with Gasteiger partial charge in [-0.25, -0.2) is 8.42 Å². The quantitative estimate of drug-likeness (QED) is 0.788. The fourth-order valence-electron chi connectivity index (χ4n) is 1.79. The second kappa shape index (κ2) is 6.07. The Balaban J connectivity index is 2.27. The van der Waals surface area contributed by atoms with E-state index in [1.54, 1.807) is 18.2 Å². The number of carbonyl (C=O) groups is 1. The number of carbonyl (C=O) groups excluding carboxylic acids is 1. The van der Waals surface area contributed by atoms with E-state index < -0.39 is 10.0 Å². The second-order valence-corrected chi connectivity index (χ2v) is 7.63. The van der Waals surface area contributed by atoms with Gasteiger partial charge in [0.15, 0.2) is 0 Å². The van der Waals surface area contributed by atoms with E-state index in [-0.39, 0.29) is 12.4 Å². The summed E-state index contributed by atoms with van der Waals surface area (Å²) < 4.78 is 28.9. The molecule has 2 rings (SSSR count). The summed E-state index contributed by atoms with van der Waals surface area (Å²) in [7, 11) is -0.428. The lowest BCUT2D eigenvalue weighted by atomic mass is 10.2. The molecule has 0 saturated carbocycles. The molecule has 0 aromatic heterocycles. The first kappa shape index (κ1) is 15.8. The monoisotopic (exact) mass is 328 g/mol. The summed E-state index contributed by atoms with van der Waals surface area (Å²) in [6.45, 7) is 0. The van der Waals surface area contributed by atoms with Gasteiger partial charge in [-0.15, -0.1) is 11.8 Å². The van der Waals surface area contributed by atoms with Gasteiger partial charge in [-0.3, -0.25) is 14.1 Å². The summed E-state index contributed by atoms with van der Waals surface area (Å²) in [5.74, 6) is 0.278. The van der Waals surface area contributed by atoms with Crippen LogP contribution < -0.4 is 4.31 Å². The Labute approximate surface area is 128 Å². The van der Waals surface area contributed by atoms with Gasteiger partial charge in [0.2, 0.25) is 10.0 Å². The summed E-state index contributed by atoms with van der Waals surface area (Å²) in [5, 5.41) is 0. The van der Waals surface area contributed by atoms with Crippen LogP contribution in [0.4, 0.5) is 11.4 Å². The number of rotatable bonds is 4. The molecule has 0 bridgehead atoms. The molecule has 1 aromatic carbocycles. The fourth-order valence-corrected chi connectivity index (χ4v) is 3.24. The molecule has 0 atom stereocenters. The van der Waals surface area contributed by atoms with Crippen molar-refractivity contribution in [3.05, 3.63) is 18.2 Å². The van der Waals surface area contributed by atoms with Gasteiger partial charge in [0.05, 0.1) is 31.2 Å². The highest BCUT2D eigenvalue weighted by molar-refractivity contribution is 8.00. The molecule has 0 N–H and O–H groups in total. The summed E-state index contributed by atoms with van der Waals surface area (Å²) in [6, 6.07) is 5.25. The van der Waals surface area contributed by atoms with Crippen LogP contribution in [0.15, 0.2) is 28.1 Å². The first-order valence-corrected chi connectivity index (χ1v) is 8.98. The molecular weight excluding hydrogens is 312 g/mol. The van der Waals surface area contributed by atoms with Crippen molar-refractivity contribution >= 4 is 44.8 Å². The van der Waals surface area contributed by atoms with E-state index >= 15 is 0 Å². The smallest absolute Gasteiger partial charge is 0.311 e. The van der Waals surface area contributed by atoms with Crippen molar-refractivity contribution in [2.24, 2.45) is 4.99 Å². The van der Waals surface area contributed by atoms with E-state index in [2.05, 4.69) is 9.73 Å². The lowest BCUT2D eigenvalue weighted by Gasteiger charge is -2.20. The van der Waals surface area contributed by atoms with Gasteiger partial charge in [-0.2, -0.15) is 0 Å². The number of sulfonamides is 1. The number of ether oxygens (including phenoxy) is 1. The topological polar surface area (TPSA) is 76.0 Å². The highest BCUT2D eigenvalue weighted by atomic mass is 32.2. The van der Waals surface area contributed by atoms with Gasteiger partial charge < -0.3 is 4.74 Å². The van der Waals surface area contributed by atoms with E-state index in [0.29, 0.717) is 11.4 Å². The number of thioether (sulfide) groups is 1. The largest absolute Gasteiger partial charge is 0.469 e. The van der Waals surface area contributed by atoms with Gasteiger partial charge in [0.25, 0.3) is 0 Å². The van der Waals surface area contributed by atoms with Crippen LogP contribution in [0.25, 0.3) is 0 Å². The van der Waals surface area contributed by atoms with E-state index in [9.17, 15) is 13.2 Å². The summed E-state index contributed by atoms with van der Waals surface area (Å²) in [4.78, 5) is 16.6.